The lowest BCUT2D eigenvalue weighted by atomic mass is 10.0. The number of carbonyl (C=O) groups is 1. The van der Waals surface area contributed by atoms with Gasteiger partial charge in [-0.25, -0.2) is 13.9 Å². The molecule has 0 aromatic carbocycles. The summed E-state index contributed by atoms with van der Waals surface area (Å²) >= 11 is 0. The molecule has 0 N–H and O–H groups in total. The number of halogens is 4. The van der Waals surface area contributed by atoms with Crippen LogP contribution in [0.2, 0.25) is 0 Å². The van der Waals surface area contributed by atoms with Crippen molar-refractivity contribution in [3.63, 3.8) is 0 Å². The van der Waals surface area contributed by atoms with Crippen molar-refractivity contribution in [3.05, 3.63) is 45.9 Å². The summed E-state index contributed by atoms with van der Waals surface area (Å²) in [4.78, 5) is 30.1. The fourth-order valence-corrected chi connectivity index (χ4v) is 3.54. The number of amides is 1. The van der Waals surface area contributed by atoms with Crippen LogP contribution in [0.1, 0.15) is 36.0 Å². The standard InChI is InChI=1S/C17H17F4N5O2/c18-11-8-24(9-11)15(27)12-2-1-3-14-23-25(16(28)26(12)14)7-10-4-5-13(22-6-10)17(19,20)21/h4-6,11-12H,1-3,7-9H2/t12-/m0/s1. The van der Waals surface area contributed by atoms with Crippen molar-refractivity contribution in [2.24, 2.45) is 0 Å². The molecule has 1 atom stereocenters. The summed E-state index contributed by atoms with van der Waals surface area (Å²) in [5.74, 6) is 0.152. The molecule has 0 bridgehead atoms. The molecule has 1 fully saturated rings. The van der Waals surface area contributed by atoms with Crippen LogP contribution in [-0.4, -0.2) is 49.4 Å². The van der Waals surface area contributed by atoms with Gasteiger partial charge < -0.3 is 4.90 Å². The lowest BCUT2D eigenvalue weighted by molar-refractivity contribution is -0.142. The summed E-state index contributed by atoms with van der Waals surface area (Å²) in [6.07, 6.45) is -2.86. The second kappa shape index (κ2) is 6.71. The summed E-state index contributed by atoms with van der Waals surface area (Å²) in [5.41, 5.74) is -1.14. The number of aromatic nitrogens is 4. The van der Waals surface area contributed by atoms with Crippen LogP contribution >= 0.6 is 0 Å². The average Bonchev–Trinajstić information content (AvgIpc) is 2.94. The number of hydrogen-bond acceptors (Lipinski definition) is 4. The number of likely N-dealkylation sites (tertiary alicyclic amines) is 1. The molecule has 2 aromatic rings. The first-order valence-corrected chi connectivity index (χ1v) is 8.87. The highest BCUT2D eigenvalue weighted by Gasteiger charge is 2.38. The monoisotopic (exact) mass is 399 g/mol. The van der Waals surface area contributed by atoms with Gasteiger partial charge in [0.1, 0.15) is 23.7 Å². The van der Waals surface area contributed by atoms with Gasteiger partial charge in [0.15, 0.2) is 0 Å². The van der Waals surface area contributed by atoms with Gasteiger partial charge in [-0.1, -0.05) is 6.07 Å². The lowest BCUT2D eigenvalue weighted by Gasteiger charge is -2.37. The molecule has 0 saturated carbocycles. The molecule has 0 aliphatic carbocycles. The zero-order valence-corrected chi connectivity index (χ0v) is 14.7. The second-order valence-corrected chi connectivity index (χ2v) is 7.02. The predicted octanol–water partition coefficient (Wildman–Crippen LogP) is 1.56. The number of hydrogen-bond donors (Lipinski definition) is 0. The maximum Gasteiger partial charge on any atom is 0.433 e. The fraction of sp³-hybridized carbons (Fsp3) is 0.529. The zero-order chi connectivity index (χ0) is 20.1. The van der Waals surface area contributed by atoms with Crippen molar-refractivity contribution in [3.8, 4) is 0 Å². The van der Waals surface area contributed by atoms with Crippen LogP contribution in [0.5, 0.6) is 0 Å². The van der Waals surface area contributed by atoms with Crippen LogP contribution in [0.25, 0.3) is 0 Å². The molecular weight excluding hydrogens is 382 g/mol. The molecule has 11 heteroatoms. The van der Waals surface area contributed by atoms with Crippen molar-refractivity contribution in [1.82, 2.24) is 24.2 Å². The highest BCUT2D eigenvalue weighted by atomic mass is 19.4. The number of pyridine rings is 1. The predicted molar refractivity (Wildman–Crippen MR) is 88.3 cm³/mol. The van der Waals surface area contributed by atoms with E-state index < -0.39 is 29.8 Å². The van der Waals surface area contributed by atoms with E-state index in [0.717, 1.165) is 16.9 Å². The van der Waals surface area contributed by atoms with Gasteiger partial charge in [-0.05, 0) is 24.5 Å². The van der Waals surface area contributed by atoms with Crippen LogP contribution in [0.15, 0.2) is 23.1 Å². The van der Waals surface area contributed by atoms with Gasteiger partial charge in [-0.2, -0.15) is 18.3 Å². The largest absolute Gasteiger partial charge is 0.433 e. The molecule has 0 radical (unpaired) electrons. The number of nitrogens with zero attached hydrogens (tertiary/aromatic N) is 5. The van der Waals surface area contributed by atoms with Crippen molar-refractivity contribution in [2.75, 3.05) is 13.1 Å². The Kier molecular flexibility index (Phi) is 4.47. The Morgan fingerprint density at radius 2 is 2.00 bits per heavy atom. The van der Waals surface area contributed by atoms with Gasteiger partial charge in [0.2, 0.25) is 5.91 Å². The number of carbonyl (C=O) groups excluding carboxylic acids is 1. The molecular formula is C17H17F4N5O2. The number of rotatable bonds is 3. The minimum Gasteiger partial charge on any atom is -0.335 e. The average molecular weight is 399 g/mol. The topological polar surface area (TPSA) is 73.0 Å². The Morgan fingerprint density at radius 3 is 2.61 bits per heavy atom. The van der Waals surface area contributed by atoms with Crippen LogP contribution < -0.4 is 5.69 Å². The summed E-state index contributed by atoms with van der Waals surface area (Å²) < 4.78 is 53.4. The van der Waals surface area contributed by atoms with E-state index in [0.29, 0.717) is 30.7 Å². The van der Waals surface area contributed by atoms with Crippen LogP contribution in [0.3, 0.4) is 0 Å². The Balaban J connectivity index is 1.57. The number of alkyl halides is 4. The van der Waals surface area contributed by atoms with E-state index in [1.54, 1.807) is 0 Å². The van der Waals surface area contributed by atoms with Gasteiger partial charge in [-0.3, -0.25) is 14.3 Å². The van der Waals surface area contributed by atoms with Crippen LogP contribution in [-0.2, 0) is 23.9 Å². The van der Waals surface area contributed by atoms with E-state index in [9.17, 15) is 27.2 Å². The first-order chi connectivity index (χ1) is 13.2. The summed E-state index contributed by atoms with van der Waals surface area (Å²) in [6, 6.07) is 1.37. The van der Waals surface area contributed by atoms with Crippen molar-refractivity contribution >= 4 is 5.91 Å². The van der Waals surface area contributed by atoms with Gasteiger partial charge in [0, 0.05) is 12.6 Å². The maximum absolute atomic E-state index is 13.1. The Morgan fingerprint density at radius 1 is 1.25 bits per heavy atom. The first kappa shape index (κ1) is 18.6. The zero-order valence-electron chi connectivity index (χ0n) is 14.7. The van der Waals surface area contributed by atoms with E-state index in [1.165, 1.54) is 15.5 Å². The molecule has 7 nitrogen and oxygen atoms in total. The third-order valence-electron chi connectivity index (χ3n) is 5.01. The molecule has 0 unspecified atom stereocenters. The van der Waals surface area contributed by atoms with Gasteiger partial charge >= 0.3 is 11.9 Å². The molecule has 28 heavy (non-hydrogen) atoms. The van der Waals surface area contributed by atoms with E-state index >= 15 is 0 Å². The van der Waals surface area contributed by atoms with Gasteiger partial charge in [-0.15, -0.1) is 0 Å². The van der Waals surface area contributed by atoms with Crippen molar-refractivity contribution in [2.45, 2.75) is 44.2 Å². The smallest absolute Gasteiger partial charge is 0.335 e. The van der Waals surface area contributed by atoms with Crippen LogP contribution in [0, 0.1) is 0 Å². The molecule has 2 aromatic heterocycles. The van der Waals surface area contributed by atoms with E-state index in [2.05, 4.69) is 10.1 Å². The first-order valence-electron chi connectivity index (χ1n) is 8.87. The summed E-state index contributed by atoms with van der Waals surface area (Å²) in [6.45, 7) is 0.0106. The highest BCUT2D eigenvalue weighted by Crippen LogP contribution is 2.28. The van der Waals surface area contributed by atoms with E-state index in [-0.39, 0.29) is 25.5 Å². The quantitative estimate of drug-likeness (QED) is 0.735. The Bertz CT molecular complexity index is 944. The minimum atomic E-state index is -4.54. The Labute approximate surface area is 156 Å². The molecule has 150 valence electrons. The molecule has 2 aliphatic heterocycles. The highest BCUT2D eigenvalue weighted by molar-refractivity contribution is 5.81. The molecule has 1 amide bonds. The third-order valence-corrected chi connectivity index (χ3v) is 5.01. The summed E-state index contributed by atoms with van der Waals surface area (Å²) in [5, 5.41) is 4.24. The van der Waals surface area contributed by atoms with E-state index in [1.807, 2.05) is 0 Å². The molecule has 2 aliphatic rings. The Hall–Kier alpha value is -2.72. The second-order valence-electron chi connectivity index (χ2n) is 7.02. The van der Waals surface area contributed by atoms with Crippen molar-refractivity contribution < 1.29 is 22.4 Å². The fourth-order valence-electron chi connectivity index (χ4n) is 3.54. The third kappa shape index (κ3) is 3.29. The lowest BCUT2D eigenvalue weighted by Crippen LogP contribution is -2.54. The summed E-state index contributed by atoms with van der Waals surface area (Å²) in [7, 11) is 0. The van der Waals surface area contributed by atoms with Crippen molar-refractivity contribution in [1.29, 1.82) is 0 Å². The molecule has 4 heterocycles. The SMILES string of the molecule is O=C([C@@H]1CCCc2nn(Cc3ccc(C(F)(F)F)nc3)c(=O)n21)N1CC(F)C1. The molecule has 0 spiro atoms. The van der Waals surface area contributed by atoms with E-state index in [4.69, 9.17) is 0 Å². The number of fused-ring (bicyclic) bond motifs is 1. The molecule has 4 rings (SSSR count). The molecule has 1 saturated heterocycles. The maximum atomic E-state index is 13.1. The minimum absolute atomic E-state index is 0.0325. The van der Waals surface area contributed by atoms with Gasteiger partial charge in [0.05, 0.1) is 19.6 Å². The number of aryl methyl sites for hydroxylation is 1. The van der Waals surface area contributed by atoms with Crippen LogP contribution in [0.4, 0.5) is 17.6 Å². The van der Waals surface area contributed by atoms with Gasteiger partial charge in [0.25, 0.3) is 0 Å². The normalized spacial score (nSPS) is 20.0.